The Morgan fingerprint density at radius 2 is 1.84 bits per heavy atom. The summed E-state index contributed by atoms with van der Waals surface area (Å²) in [7, 11) is 0. The number of hydrogen-bond acceptors (Lipinski definition) is 5. The second-order valence-electron chi connectivity index (χ2n) is 5.38. The van der Waals surface area contributed by atoms with Crippen LogP contribution in [0.5, 0.6) is 0 Å². The van der Waals surface area contributed by atoms with Gasteiger partial charge < -0.3 is 9.67 Å². The molecule has 0 saturated carbocycles. The summed E-state index contributed by atoms with van der Waals surface area (Å²) < 4.78 is 2.04. The maximum Gasteiger partial charge on any atom is 0.269 e. The Balaban J connectivity index is 2.04. The highest BCUT2D eigenvalue weighted by Crippen LogP contribution is 2.23. The summed E-state index contributed by atoms with van der Waals surface area (Å²) in [6, 6.07) is 16.1. The number of aliphatic hydroxyl groups is 1. The second-order valence-corrected chi connectivity index (χ2v) is 6.22. The molecular formula is C18H17N3O3S. The fourth-order valence-electron chi connectivity index (χ4n) is 2.46. The fraction of sp³-hybridized carbons (Fsp3) is 0.167. The molecule has 3 aromatic rings. The molecule has 1 heterocycles. The van der Waals surface area contributed by atoms with Crippen LogP contribution in [0, 0.1) is 10.1 Å². The average molecular weight is 355 g/mol. The zero-order chi connectivity index (χ0) is 17.6. The molecule has 1 N–H and O–H groups in total. The number of hydrogen-bond donors (Lipinski definition) is 1. The van der Waals surface area contributed by atoms with Crippen molar-refractivity contribution in [2.24, 2.45) is 4.99 Å². The molecule has 128 valence electrons. The molecule has 25 heavy (non-hydrogen) atoms. The number of para-hydroxylation sites is 1. The maximum absolute atomic E-state index is 10.8. The molecule has 0 bridgehead atoms. The number of nitrogens with zero attached hydrogens (tertiary/aromatic N) is 3. The van der Waals surface area contributed by atoms with Gasteiger partial charge in [0, 0.05) is 30.7 Å². The molecule has 0 radical (unpaired) electrons. The molecule has 0 fully saturated rings. The lowest BCUT2D eigenvalue weighted by Gasteiger charge is -2.08. The van der Waals surface area contributed by atoms with E-state index >= 15 is 0 Å². The molecule has 2 aromatic carbocycles. The van der Waals surface area contributed by atoms with Crippen LogP contribution in [0.3, 0.4) is 0 Å². The van der Waals surface area contributed by atoms with Crippen LogP contribution < -0.4 is 4.80 Å². The predicted molar refractivity (Wildman–Crippen MR) is 97.8 cm³/mol. The summed E-state index contributed by atoms with van der Waals surface area (Å²) >= 11 is 1.51. The molecule has 3 rings (SSSR count). The van der Waals surface area contributed by atoms with Crippen molar-refractivity contribution in [2.45, 2.75) is 13.0 Å². The van der Waals surface area contributed by atoms with Gasteiger partial charge in [-0.05, 0) is 36.2 Å². The van der Waals surface area contributed by atoms with Crippen LogP contribution in [0.25, 0.3) is 11.3 Å². The Morgan fingerprint density at radius 3 is 2.48 bits per heavy atom. The first-order valence-electron chi connectivity index (χ1n) is 7.83. The smallest absolute Gasteiger partial charge is 0.269 e. The van der Waals surface area contributed by atoms with Crippen molar-refractivity contribution in [3.63, 3.8) is 0 Å². The van der Waals surface area contributed by atoms with Crippen LogP contribution in [-0.4, -0.2) is 21.2 Å². The van der Waals surface area contributed by atoms with Gasteiger partial charge in [-0.15, -0.1) is 11.3 Å². The van der Waals surface area contributed by atoms with Crippen molar-refractivity contribution in [3.8, 4) is 11.3 Å². The van der Waals surface area contributed by atoms with E-state index in [9.17, 15) is 15.2 Å². The molecule has 0 aliphatic carbocycles. The zero-order valence-electron chi connectivity index (χ0n) is 13.4. The number of benzene rings is 2. The molecule has 0 spiro atoms. The van der Waals surface area contributed by atoms with Crippen LogP contribution >= 0.6 is 11.3 Å². The maximum atomic E-state index is 10.8. The van der Waals surface area contributed by atoms with E-state index < -0.39 is 4.92 Å². The second kappa shape index (κ2) is 7.87. The summed E-state index contributed by atoms with van der Waals surface area (Å²) in [5, 5.41) is 22.0. The highest BCUT2D eigenvalue weighted by molar-refractivity contribution is 7.07. The summed E-state index contributed by atoms with van der Waals surface area (Å²) in [5.74, 6) is 0. The number of aliphatic hydroxyl groups excluding tert-OH is 1. The van der Waals surface area contributed by atoms with E-state index in [1.807, 2.05) is 40.3 Å². The first kappa shape index (κ1) is 17.1. The van der Waals surface area contributed by atoms with Gasteiger partial charge in [0.2, 0.25) is 0 Å². The zero-order valence-corrected chi connectivity index (χ0v) is 14.2. The van der Waals surface area contributed by atoms with Gasteiger partial charge in [0.15, 0.2) is 4.80 Å². The standard InChI is InChI=1S/C18H17N3O3S/c22-12-4-11-20-17(14-7-9-16(10-8-14)21(23)24)13-25-18(20)19-15-5-2-1-3-6-15/h1-3,5-10,13,22H,4,11-12H2. The highest BCUT2D eigenvalue weighted by Gasteiger charge is 2.10. The van der Waals surface area contributed by atoms with Gasteiger partial charge in [0.25, 0.3) is 5.69 Å². The molecule has 6 nitrogen and oxygen atoms in total. The van der Waals surface area contributed by atoms with Gasteiger partial charge in [-0.1, -0.05) is 18.2 Å². The molecule has 7 heteroatoms. The Morgan fingerprint density at radius 1 is 1.12 bits per heavy atom. The van der Waals surface area contributed by atoms with Gasteiger partial charge in [0.1, 0.15) is 0 Å². The van der Waals surface area contributed by atoms with Gasteiger partial charge in [-0.3, -0.25) is 10.1 Å². The van der Waals surface area contributed by atoms with E-state index in [0.29, 0.717) is 13.0 Å². The van der Waals surface area contributed by atoms with E-state index in [2.05, 4.69) is 4.99 Å². The molecule has 0 aliphatic heterocycles. The van der Waals surface area contributed by atoms with Crippen molar-refractivity contribution in [1.82, 2.24) is 4.57 Å². The summed E-state index contributed by atoms with van der Waals surface area (Å²) in [5.41, 5.74) is 2.74. The Bertz CT molecular complexity index is 915. The van der Waals surface area contributed by atoms with E-state index in [4.69, 9.17) is 0 Å². The van der Waals surface area contributed by atoms with Crippen molar-refractivity contribution in [3.05, 3.63) is 74.9 Å². The van der Waals surface area contributed by atoms with Crippen molar-refractivity contribution < 1.29 is 10.0 Å². The van der Waals surface area contributed by atoms with Crippen molar-refractivity contribution in [1.29, 1.82) is 0 Å². The monoisotopic (exact) mass is 355 g/mol. The van der Waals surface area contributed by atoms with Gasteiger partial charge in [-0.2, -0.15) is 0 Å². The van der Waals surface area contributed by atoms with Crippen LogP contribution in [0.4, 0.5) is 11.4 Å². The summed E-state index contributed by atoms with van der Waals surface area (Å²) in [6.07, 6.45) is 0.610. The van der Waals surface area contributed by atoms with E-state index in [1.54, 1.807) is 12.1 Å². The van der Waals surface area contributed by atoms with E-state index in [-0.39, 0.29) is 12.3 Å². The summed E-state index contributed by atoms with van der Waals surface area (Å²) in [4.78, 5) is 15.9. The topological polar surface area (TPSA) is 80.7 Å². The Kier molecular flexibility index (Phi) is 5.37. The SMILES string of the molecule is O=[N+]([O-])c1ccc(-c2csc(=Nc3ccccc3)n2CCCO)cc1. The minimum absolute atomic E-state index is 0.0649. The largest absolute Gasteiger partial charge is 0.396 e. The molecule has 0 saturated heterocycles. The lowest BCUT2D eigenvalue weighted by Crippen LogP contribution is -2.16. The normalized spacial score (nSPS) is 11.6. The lowest BCUT2D eigenvalue weighted by molar-refractivity contribution is -0.384. The van der Waals surface area contributed by atoms with Crippen LogP contribution in [0.2, 0.25) is 0 Å². The molecule has 0 unspecified atom stereocenters. The number of non-ortho nitro benzene ring substituents is 1. The minimum atomic E-state index is -0.409. The van der Waals surface area contributed by atoms with Crippen molar-refractivity contribution in [2.75, 3.05) is 6.61 Å². The van der Waals surface area contributed by atoms with Crippen LogP contribution in [-0.2, 0) is 6.54 Å². The van der Waals surface area contributed by atoms with Crippen LogP contribution in [0.1, 0.15) is 6.42 Å². The lowest BCUT2D eigenvalue weighted by atomic mass is 10.1. The van der Waals surface area contributed by atoms with E-state index in [0.717, 1.165) is 21.7 Å². The van der Waals surface area contributed by atoms with Crippen LogP contribution in [0.15, 0.2) is 65.0 Å². The minimum Gasteiger partial charge on any atom is -0.396 e. The third-order valence-electron chi connectivity index (χ3n) is 3.69. The van der Waals surface area contributed by atoms with Gasteiger partial charge >= 0.3 is 0 Å². The first-order chi connectivity index (χ1) is 12.2. The Hall–Kier alpha value is -2.77. The first-order valence-corrected chi connectivity index (χ1v) is 8.71. The van der Waals surface area contributed by atoms with Gasteiger partial charge in [-0.25, -0.2) is 4.99 Å². The third-order valence-corrected chi connectivity index (χ3v) is 4.56. The Labute approximate surface area is 148 Å². The summed E-state index contributed by atoms with van der Waals surface area (Å²) in [6.45, 7) is 0.714. The molecular weight excluding hydrogens is 338 g/mol. The molecule has 1 aromatic heterocycles. The molecule has 0 atom stereocenters. The average Bonchev–Trinajstić information content (AvgIpc) is 3.03. The fourth-order valence-corrected chi connectivity index (χ4v) is 3.42. The predicted octanol–water partition coefficient (Wildman–Crippen LogP) is 3.74. The van der Waals surface area contributed by atoms with E-state index in [1.165, 1.54) is 23.5 Å². The number of aromatic nitrogens is 1. The number of nitro groups is 1. The third kappa shape index (κ3) is 4.01. The van der Waals surface area contributed by atoms with Crippen molar-refractivity contribution >= 4 is 22.7 Å². The van der Waals surface area contributed by atoms with Gasteiger partial charge in [0.05, 0.1) is 16.3 Å². The number of nitro benzene ring substituents is 1. The highest BCUT2D eigenvalue weighted by atomic mass is 32.1. The quantitative estimate of drug-likeness (QED) is 0.540. The number of thiazole rings is 1. The number of rotatable bonds is 6. The molecule has 0 amide bonds. The molecule has 0 aliphatic rings.